The standard InChI is InChI=1S/C25H18Cl2N4OS/c1-33-16-9-6-14(7-10-16)24-21-22(18-4-2-3-5-20(18)32-24)30-25-28-13-29-31(25)23(21)17-11-8-15(26)12-19(17)27/h2-13,23-24H,1H3,(H,28,29,30)/t23-,24+/m1/s1. The van der Waals surface area contributed by atoms with Crippen LogP contribution >= 0.6 is 35.0 Å². The second-order valence-electron chi connectivity index (χ2n) is 7.82. The van der Waals surface area contributed by atoms with Crippen molar-refractivity contribution in [1.29, 1.82) is 0 Å². The van der Waals surface area contributed by atoms with Crippen molar-refractivity contribution in [3.63, 3.8) is 0 Å². The van der Waals surface area contributed by atoms with E-state index >= 15 is 0 Å². The number of nitrogens with zero attached hydrogens (tertiary/aromatic N) is 3. The maximum atomic E-state index is 6.73. The number of hydrogen-bond donors (Lipinski definition) is 1. The molecule has 0 bridgehead atoms. The van der Waals surface area contributed by atoms with Gasteiger partial charge in [-0.25, -0.2) is 4.68 Å². The number of fused-ring (bicyclic) bond motifs is 3. The molecule has 0 unspecified atom stereocenters. The SMILES string of the molecule is CSc1ccc([C@@H]2Oc3ccccc3C3=C2[C@@H](c2ccc(Cl)cc2Cl)n2ncnc2N3)cc1. The van der Waals surface area contributed by atoms with Crippen molar-refractivity contribution in [3.05, 3.63) is 105 Å². The van der Waals surface area contributed by atoms with Crippen molar-refractivity contribution < 1.29 is 4.74 Å². The van der Waals surface area contributed by atoms with E-state index in [4.69, 9.17) is 27.9 Å². The van der Waals surface area contributed by atoms with Crippen molar-refractivity contribution in [2.45, 2.75) is 17.0 Å². The lowest BCUT2D eigenvalue weighted by molar-refractivity contribution is 0.223. The van der Waals surface area contributed by atoms with Crippen LogP contribution in [0.4, 0.5) is 5.95 Å². The van der Waals surface area contributed by atoms with Crippen LogP contribution in [0.1, 0.15) is 28.8 Å². The predicted molar refractivity (Wildman–Crippen MR) is 133 cm³/mol. The third-order valence-corrected chi connectivity index (χ3v) is 7.30. The molecule has 3 heterocycles. The fourth-order valence-corrected chi connectivity index (χ4v) is 5.41. The summed E-state index contributed by atoms with van der Waals surface area (Å²) in [6.07, 6.45) is 3.28. The summed E-state index contributed by atoms with van der Waals surface area (Å²) in [5.74, 6) is 1.47. The Kier molecular flexibility index (Phi) is 5.09. The summed E-state index contributed by atoms with van der Waals surface area (Å²) >= 11 is 14.7. The van der Waals surface area contributed by atoms with Crippen LogP contribution in [-0.2, 0) is 0 Å². The van der Waals surface area contributed by atoms with Crippen LogP contribution in [0.2, 0.25) is 10.0 Å². The number of rotatable bonds is 3. The zero-order valence-electron chi connectivity index (χ0n) is 17.5. The Bertz CT molecular complexity index is 1400. The second kappa shape index (κ2) is 8.13. The topological polar surface area (TPSA) is 52.0 Å². The minimum absolute atomic E-state index is 0.318. The second-order valence-corrected chi connectivity index (χ2v) is 9.54. The molecule has 0 radical (unpaired) electrons. The van der Waals surface area contributed by atoms with Crippen molar-refractivity contribution in [1.82, 2.24) is 14.8 Å². The molecule has 0 aliphatic carbocycles. The monoisotopic (exact) mass is 492 g/mol. The first-order chi connectivity index (χ1) is 16.1. The van der Waals surface area contributed by atoms with Gasteiger partial charge < -0.3 is 10.1 Å². The van der Waals surface area contributed by atoms with E-state index < -0.39 is 0 Å². The molecule has 3 aromatic carbocycles. The van der Waals surface area contributed by atoms with E-state index in [1.165, 1.54) is 4.90 Å². The lowest BCUT2D eigenvalue weighted by Gasteiger charge is -2.39. The van der Waals surface area contributed by atoms with Crippen molar-refractivity contribution in [2.75, 3.05) is 11.6 Å². The van der Waals surface area contributed by atoms with Gasteiger partial charge in [0, 0.05) is 26.1 Å². The normalized spacial score (nSPS) is 18.6. The molecule has 2 aliphatic heterocycles. The average molecular weight is 493 g/mol. The number of ether oxygens (including phenoxy) is 1. The number of aromatic nitrogens is 3. The van der Waals surface area contributed by atoms with E-state index in [9.17, 15) is 0 Å². The summed E-state index contributed by atoms with van der Waals surface area (Å²) in [5, 5.41) is 9.19. The number of benzene rings is 3. The third-order valence-electron chi connectivity index (χ3n) is 6.00. The Morgan fingerprint density at radius 1 is 1.03 bits per heavy atom. The number of halogens is 2. The highest BCUT2D eigenvalue weighted by Crippen LogP contribution is 2.51. The highest BCUT2D eigenvalue weighted by molar-refractivity contribution is 7.98. The van der Waals surface area contributed by atoms with E-state index in [2.05, 4.69) is 52.0 Å². The average Bonchev–Trinajstić information content (AvgIpc) is 3.31. The zero-order chi connectivity index (χ0) is 22.5. The molecule has 1 N–H and O–H groups in total. The molecule has 1 aromatic heterocycles. The first-order valence-electron chi connectivity index (χ1n) is 10.4. The molecule has 6 rings (SSSR count). The van der Waals surface area contributed by atoms with E-state index in [0.717, 1.165) is 33.7 Å². The number of nitrogens with one attached hydrogen (secondary N) is 1. The van der Waals surface area contributed by atoms with Crippen LogP contribution in [0.15, 0.2) is 83.5 Å². The zero-order valence-corrected chi connectivity index (χ0v) is 19.8. The predicted octanol–water partition coefficient (Wildman–Crippen LogP) is 6.87. The van der Waals surface area contributed by atoms with Gasteiger partial charge in [-0.3, -0.25) is 0 Å². The van der Waals surface area contributed by atoms with Crippen molar-refractivity contribution in [3.8, 4) is 5.75 Å². The molecule has 164 valence electrons. The Hall–Kier alpha value is -2.93. The molecule has 5 nitrogen and oxygen atoms in total. The Balaban J connectivity index is 1.62. The van der Waals surface area contributed by atoms with Gasteiger partial charge in [0.15, 0.2) is 0 Å². The number of para-hydroxylation sites is 1. The van der Waals surface area contributed by atoms with Crippen molar-refractivity contribution >= 4 is 46.6 Å². The maximum Gasteiger partial charge on any atom is 0.226 e. The molecule has 0 amide bonds. The van der Waals surface area contributed by atoms with Gasteiger partial charge in [-0.1, -0.05) is 53.5 Å². The summed E-state index contributed by atoms with van der Waals surface area (Å²) < 4.78 is 8.49. The lowest BCUT2D eigenvalue weighted by atomic mass is 9.84. The van der Waals surface area contributed by atoms with E-state index in [1.54, 1.807) is 24.2 Å². The van der Waals surface area contributed by atoms with Crippen LogP contribution < -0.4 is 10.1 Å². The molecule has 2 aliphatic rings. The number of thioether (sulfide) groups is 1. The quantitative estimate of drug-likeness (QED) is 0.316. The summed E-state index contributed by atoms with van der Waals surface area (Å²) in [7, 11) is 0. The maximum absolute atomic E-state index is 6.73. The van der Waals surface area contributed by atoms with Crippen LogP contribution in [0.5, 0.6) is 5.75 Å². The first-order valence-corrected chi connectivity index (χ1v) is 12.4. The Morgan fingerprint density at radius 2 is 1.85 bits per heavy atom. The molecule has 0 saturated carbocycles. The summed E-state index contributed by atoms with van der Waals surface area (Å²) in [4.78, 5) is 5.65. The smallest absolute Gasteiger partial charge is 0.226 e. The fraction of sp³-hybridized carbons (Fsp3) is 0.120. The fourth-order valence-electron chi connectivity index (χ4n) is 4.49. The third kappa shape index (κ3) is 3.41. The van der Waals surface area contributed by atoms with Crippen molar-refractivity contribution in [2.24, 2.45) is 0 Å². The number of anilines is 1. The van der Waals surface area contributed by atoms with Crippen LogP contribution in [0.3, 0.4) is 0 Å². The van der Waals surface area contributed by atoms with Crippen LogP contribution in [0, 0.1) is 0 Å². The lowest BCUT2D eigenvalue weighted by Crippen LogP contribution is -2.32. The largest absolute Gasteiger partial charge is 0.480 e. The minimum atomic E-state index is -0.340. The highest BCUT2D eigenvalue weighted by atomic mass is 35.5. The van der Waals surface area contributed by atoms with Gasteiger partial charge in [0.2, 0.25) is 5.95 Å². The van der Waals surface area contributed by atoms with E-state index in [1.807, 2.05) is 35.0 Å². The van der Waals surface area contributed by atoms with Crippen LogP contribution in [0.25, 0.3) is 5.70 Å². The van der Waals surface area contributed by atoms with Gasteiger partial charge in [-0.2, -0.15) is 10.1 Å². The summed E-state index contributed by atoms with van der Waals surface area (Å²) in [5.41, 5.74) is 4.90. The molecule has 0 fully saturated rings. The van der Waals surface area contributed by atoms with E-state index in [0.29, 0.717) is 16.0 Å². The summed E-state index contributed by atoms with van der Waals surface area (Å²) in [6, 6.07) is 21.7. The molecular weight excluding hydrogens is 475 g/mol. The Morgan fingerprint density at radius 3 is 2.64 bits per heavy atom. The molecular formula is C25H18Cl2N4OS. The van der Waals surface area contributed by atoms with Gasteiger partial charge in [0.05, 0.1) is 5.70 Å². The van der Waals surface area contributed by atoms with Gasteiger partial charge in [0.25, 0.3) is 0 Å². The molecule has 4 aromatic rings. The van der Waals surface area contributed by atoms with Gasteiger partial charge >= 0.3 is 0 Å². The molecule has 8 heteroatoms. The molecule has 2 atom stereocenters. The minimum Gasteiger partial charge on any atom is -0.480 e. The van der Waals surface area contributed by atoms with E-state index in [-0.39, 0.29) is 12.1 Å². The number of hydrogen-bond acceptors (Lipinski definition) is 5. The molecule has 0 saturated heterocycles. The molecule has 0 spiro atoms. The van der Waals surface area contributed by atoms with Crippen LogP contribution in [-0.4, -0.2) is 21.0 Å². The molecule has 33 heavy (non-hydrogen) atoms. The van der Waals surface area contributed by atoms with Gasteiger partial charge in [-0.05, 0) is 53.8 Å². The van der Waals surface area contributed by atoms with Gasteiger partial charge in [0.1, 0.15) is 24.2 Å². The van der Waals surface area contributed by atoms with Gasteiger partial charge in [-0.15, -0.1) is 11.8 Å². The summed E-state index contributed by atoms with van der Waals surface area (Å²) in [6.45, 7) is 0. The first kappa shape index (κ1) is 20.7. The highest BCUT2D eigenvalue weighted by Gasteiger charge is 2.41. The Labute approximate surface area is 205 Å².